The highest BCUT2D eigenvalue weighted by atomic mass is 35.5. The highest BCUT2D eigenvalue weighted by Crippen LogP contribution is 2.15. The van der Waals surface area contributed by atoms with Crippen molar-refractivity contribution in [3.8, 4) is 11.8 Å². The van der Waals surface area contributed by atoms with Crippen molar-refractivity contribution >= 4 is 11.6 Å². The first-order valence-electron chi connectivity index (χ1n) is 6.48. The van der Waals surface area contributed by atoms with Gasteiger partial charge in [-0.05, 0) is 24.3 Å². The van der Waals surface area contributed by atoms with E-state index in [0.717, 1.165) is 43.5 Å². The first-order valence-corrected chi connectivity index (χ1v) is 6.86. The van der Waals surface area contributed by atoms with E-state index in [2.05, 4.69) is 15.9 Å². The zero-order valence-electron chi connectivity index (χ0n) is 10.9. The summed E-state index contributed by atoms with van der Waals surface area (Å²) in [5.41, 5.74) is 0. The zero-order valence-corrected chi connectivity index (χ0v) is 11.6. The Hall–Kier alpha value is -1.28. The van der Waals surface area contributed by atoms with Crippen LogP contribution in [0.4, 0.5) is 0 Å². The van der Waals surface area contributed by atoms with Gasteiger partial charge in [-0.3, -0.25) is 9.80 Å². The molecular formula is C14H18ClN3O. The van der Waals surface area contributed by atoms with Crippen molar-refractivity contribution in [3.63, 3.8) is 0 Å². The molecule has 1 aromatic rings. The maximum Gasteiger partial charge on any atom is 0.119 e. The third-order valence-electron chi connectivity index (χ3n) is 3.25. The maximum atomic E-state index is 8.64. The van der Waals surface area contributed by atoms with E-state index >= 15 is 0 Å². The molecule has 102 valence electrons. The fraction of sp³-hybridized carbons (Fsp3) is 0.500. The number of hydrogen-bond acceptors (Lipinski definition) is 4. The first kappa shape index (κ1) is 14.1. The summed E-state index contributed by atoms with van der Waals surface area (Å²) in [7, 11) is 0. The molecule has 0 spiro atoms. The molecule has 1 aliphatic heterocycles. The predicted octanol–water partition coefficient (Wildman–Crippen LogP) is 1.86. The number of nitrogens with zero attached hydrogens (tertiary/aromatic N) is 3. The maximum absolute atomic E-state index is 8.64. The van der Waals surface area contributed by atoms with Crippen LogP contribution < -0.4 is 4.74 Å². The lowest BCUT2D eigenvalue weighted by Crippen LogP contribution is -2.47. The summed E-state index contributed by atoms with van der Waals surface area (Å²) >= 11 is 5.82. The highest BCUT2D eigenvalue weighted by molar-refractivity contribution is 6.30. The summed E-state index contributed by atoms with van der Waals surface area (Å²) in [5.74, 6) is 0.854. The van der Waals surface area contributed by atoms with Gasteiger partial charge in [-0.25, -0.2) is 0 Å². The van der Waals surface area contributed by atoms with Crippen LogP contribution in [0.3, 0.4) is 0 Å². The number of ether oxygens (including phenoxy) is 1. The van der Waals surface area contributed by atoms with Crippen molar-refractivity contribution in [3.05, 3.63) is 29.3 Å². The van der Waals surface area contributed by atoms with Crippen molar-refractivity contribution < 1.29 is 4.74 Å². The standard InChI is InChI=1S/C14H18ClN3O/c15-13-1-3-14(4-2-13)19-12-11-18-9-7-17(6-5-16)8-10-18/h1-4H,6-12H2. The average molecular weight is 280 g/mol. The molecule has 0 bridgehead atoms. The quantitative estimate of drug-likeness (QED) is 0.772. The van der Waals surface area contributed by atoms with Crippen LogP contribution in [-0.2, 0) is 0 Å². The fourth-order valence-electron chi connectivity index (χ4n) is 2.09. The lowest BCUT2D eigenvalue weighted by molar-refractivity contribution is 0.126. The second kappa shape index (κ2) is 7.34. The van der Waals surface area contributed by atoms with E-state index < -0.39 is 0 Å². The van der Waals surface area contributed by atoms with Gasteiger partial charge in [0.2, 0.25) is 0 Å². The number of nitriles is 1. The van der Waals surface area contributed by atoms with E-state index in [0.29, 0.717) is 13.2 Å². The van der Waals surface area contributed by atoms with Crippen molar-refractivity contribution in [1.29, 1.82) is 5.26 Å². The molecule has 0 unspecified atom stereocenters. The van der Waals surface area contributed by atoms with E-state index in [1.165, 1.54) is 0 Å². The van der Waals surface area contributed by atoms with Crippen LogP contribution in [0.2, 0.25) is 5.02 Å². The van der Waals surface area contributed by atoms with E-state index in [1.807, 2.05) is 24.3 Å². The molecule has 1 saturated heterocycles. The van der Waals surface area contributed by atoms with E-state index in [9.17, 15) is 0 Å². The van der Waals surface area contributed by atoms with E-state index in [-0.39, 0.29) is 0 Å². The minimum Gasteiger partial charge on any atom is -0.492 e. The molecule has 0 N–H and O–H groups in total. The Morgan fingerprint density at radius 3 is 2.37 bits per heavy atom. The Morgan fingerprint density at radius 1 is 1.11 bits per heavy atom. The van der Waals surface area contributed by atoms with Crippen LogP contribution in [0.25, 0.3) is 0 Å². The van der Waals surface area contributed by atoms with Gasteiger partial charge in [-0.2, -0.15) is 5.26 Å². The molecule has 4 nitrogen and oxygen atoms in total. The molecule has 0 amide bonds. The largest absolute Gasteiger partial charge is 0.492 e. The minimum absolute atomic E-state index is 0.537. The monoisotopic (exact) mass is 279 g/mol. The van der Waals surface area contributed by atoms with Gasteiger partial charge in [0.15, 0.2) is 0 Å². The van der Waals surface area contributed by atoms with Gasteiger partial charge in [0.1, 0.15) is 12.4 Å². The number of halogens is 1. The lowest BCUT2D eigenvalue weighted by Gasteiger charge is -2.33. The first-order chi connectivity index (χ1) is 9.28. The zero-order chi connectivity index (χ0) is 13.5. The number of hydrogen-bond donors (Lipinski definition) is 0. The third-order valence-corrected chi connectivity index (χ3v) is 3.50. The Labute approximate surface area is 119 Å². The summed E-state index contributed by atoms with van der Waals surface area (Å²) in [4.78, 5) is 4.54. The Kier molecular flexibility index (Phi) is 5.46. The highest BCUT2D eigenvalue weighted by Gasteiger charge is 2.15. The summed E-state index contributed by atoms with van der Waals surface area (Å²) in [6.07, 6.45) is 0. The molecule has 5 heteroatoms. The molecule has 1 heterocycles. The molecule has 1 aliphatic rings. The summed E-state index contributed by atoms with van der Waals surface area (Å²) in [6.45, 7) is 6.08. The minimum atomic E-state index is 0.537. The summed E-state index contributed by atoms with van der Waals surface area (Å²) < 4.78 is 5.67. The van der Waals surface area contributed by atoms with E-state index in [1.54, 1.807) is 0 Å². The molecule has 2 rings (SSSR count). The third kappa shape index (κ3) is 4.71. The average Bonchev–Trinajstić information content (AvgIpc) is 2.43. The van der Waals surface area contributed by atoms with Crippen molar-refractivity contribution in [2.45, 2.75) is 0 Å². The van der Waals surface area contributed by atoms with Crippen molar-refractivity contribution in [2.75, 3.05) is 45.9 Å². The molecule has 0 saturated carbocycles. The SMILES string of the molecule is N#CCN1CCN(CCOc2ccc(Cl)cc2)CC1. The molecule has 19 heavy (non-hydrogen) atoms. The van der Waals surface area contributed by atoms with Crippen molar-refractivity contribution in [2.24, 2.45) is 0 Å². The van der Waals surface area contributed by atoms with Crippen LogP contribution >= 0.6 is 11.6 Å². The Bertz CT molecular complexity index is 421. The number of rotatable bonds is 5. The summed E-state index contributed by atoms with van der Waals surface area (Å²) in [6, 6.07) is 9.62. The molecule has 1 aromatic carbocycles. The number of piperazine rings is 1. The van der Waals surface area contributed by atoms with Gasteiger partial charge in [0.05, 0.1) is 12.6 Å². The van der Waals surface area contributed by atoms with Crippen LogP contribution in [0.15, 0.2) is 24.3 Å². The van der Waals surface area contributed by atoms with Crippen molar-refractivity contribution in [1.82, 2.24) is 9.80 Å². The fourth-order valence-corrected chi connectivity index (χ4v) is 2.22. The molecule has 0 aromatic heterocycles. The molecule has 0 radical (unpaired) electrons. The summed E-state index contributed by atoms with van der Waals surface area (Å²) in [5, 5.41) is 9.36. The van der Waals surface area contributed by atoms with Crippen LogP contribution in [-0.4, -0.2) is 55.7 Å². The Morgan fingerprint density at radius 2 is 1.74 bits per heavy atom. The number of benzene rings is 1. The predicted molar refractivity (Wildman–Crippen MR) is 75.4 cm³/mol. The normalized spacial score (nSPS) is 17.1. The molecule has 1 fully saturated rings. The molecular weight excluding hydrogens is 262 g/mol. The molecule has 0 atom stereocenters. The second-order valence-electron chi connectivity index (χ2n) is 4.58. The lowest BCUT2D eigenvalue weighted by atomic mass is 10.3. The van der Waals surface area contributed by atoms with Gasteiger partial charge in [-0.1, -0.05) is 11.6 Å². The van der Waals surface area contributed by atoms with Gasteiger partial charge >= 0.3 is 0 Å². The smallest absolute Gasteiger partial charge is 0.119 e. The molecule has 0 aliphatic carbocycles. The van der Waals surface area contributed by atoms with Crippen LogP contribution in [0.1, 0.15) is 0 Å². The Balaban J connectivity index is 1.64. The van der Waals surface area contributed by atoms with Gasteiger partial charge in [0.25, 0.3) is 0 Å². The van der Waals surface area contributed by atoms with Crippen LogP contribution in [0, 0.1) is 11.3 Å². The van der Waals surface area contributed by atoms with E-state index in [4.69, 9.17) is 21.6 Å². The van der Waals surface area contributed by atoms with Crippen LogP contribution in [0.5, 0.6) is 5.75 Å². The van der Waals surface area contributed by atoms with Gasteiger partial charge < -0.3 is 4.74 Å². The van der Waals surface area contributed by atoms with Gasteiger partial charge in [0, 0.05) is 37.7 Å². The second-order valence-corrected chi connectivity index (χ2v) is 5.01. The topological polar surface area (TPSA) is 39.5 Å². The van der Waals surface area contributed by atoms with Gasteiger partial charge in [-0.15, -0.1) is 0 Å².